The normalized spacial score (nSPS) is 12.2. The summed E-state index contributed by atoms with van der Waals surface area (Å²) in [5, 5.41) is -0.902. The van der Waals surface area contributed by atoms with E-state index in [1.54, 1.807) is 0 Å². The molecule has 0 aliphatic heterocycles. The second kappa shape index (κ2) is 3.80. The number of pyridine rings is 1. The van der Waals surface area contributed by atoms with Crippen LogP contribution in [-0.4, -0.2) is 4.98 Å². The van der Waals surface area contributed by atoms with Gasteiger partial charge in [0.25, 0.3) is 12.0 Å². The number of rotatable bonds is 1. The van der Waals surface area contributed by atoms with Gasteiger partial charge in [0.2, 0.25) is 0 Å². The molecule has 0 atom stereocenters. The summed E-state index contributed by atoms with van der Waals surface area (Å²) in [6, 6.07) is 0.254. The van der Waals surface area contributed by atoms with Gasteiger partial charge in [0.1, 0.15) is 11.3 Å². The highest BCUT2D eigenvalue weighted by Gasteiger charge is 2.33. The smallest absolute Gasteiger partial charge is 0.318 e. The summed E-state index contributed by atoms with van der Waals surface area (Å²) in [6.45, 7) is 0. The summed E-state index contributed by atoms with van der Waals surface area (Å²) in [6.07, 6.45) is -8.05. The Morgan fingerprint density at radius 2 is 1.87 bits per heavy atom. The lowest BCUT2D eigenvalue weighted by Crippen LogP contribution is -2.20. The van der Waals surface area contributed by atoms with Crippen molar-refractivity contribution in [2.45, 2.75) is 12.6 Å². The quantitative estimate of drug-likeness (QED) is 0.761. The molecule has 0 saturated carbocycles. The number of alkyl halides is 5. The lowest BCUT2D eigenvalue weighted by atomic mass is 10.2. The molecule has 1 N–H and O–H groups in total. The average Bonchev–Trinajstić information content (AvgIpc) is 1.99. The van der Waals surface area contributed by atoms with Crippen LogP contribution in [0.3, 0.4) is 0 Å². The van der Waals surface area contributed by atoms with E-state index >= 15 is 0 Å². The number of halogens is 6. The van der Waals surface area contributed by atoms with Crippen LogP contribution in [0.2, 0.25) is 5.02 Å². The molecule has 0 saturated heterocycles. The average molecular weight is 248 g/mol. The van der Waals surface area contributed by atoms with Crippen molar-refractivity contribution in [3.05, 3.63) is 32.7 Å². The van der Waals surface area contributed by atoms with E-state index in [1.165, 1.54) is 4.98 Å². The predicted molar refractivity (Wildman–Crippen MR) is 42.0 cm³/mol. The van der Waals surface area contributed by atoms with Crippen molar-refractivity contribution in [3.8, 4) is 0 Å². The van der Waals surface area contributed by atoms with Crippen LogP contribution < -0.4 is 5.56 Å². The summed E-state index contributed by atoms with van der Waals surface area (Å²) >= 11 is 5.14. The maximum Gasteiger partial charge on any atom is 0.431 e. The molecule has 1 rings (SSSR count). The van der Waals surface area contributed by atoms with Gasteiger partial charge in [-0.2, -0.15) is 13.2 Å². The number of hydrogen-bond acceptors (Lipinski definition) is 1. The molecule has 8 heteroatoms. The maximum absolute atomic E-state index is 12.1. The van der Waals surface area contributed by atoms with Crippen molar-refractivity contribution in [1.82, 2.24) is 4.98 Å². The van der Waals surface area contributed by atoms with E-state index in [1.807, 2.05) is 0 Å². The van der Waals surface area contributed by atoms with Gasteiger partial charge in [-0.05, 0) is 6.07 Å². The molecule has 84 valence electrons. The zero-order valence-corrected chi connectivity index (χ0v) is 7.59. The van der Waals surface area contributed by atoms with Crippen molar-refractivity contribution in [2.24, 2.45) is 0 Å². The molecule has 0 amide bonds. The molecular weight excluding hydrogens is 245 g/mol. The van der Waals surface area contributed by atoms with Crippen LogP contribution in [0.1, 0.15) is 17.7 Å². The Bertz CT molecular complexity index is 424. The standard InChI is InChI=1S/C7H3ClF5NO/c8-2-1-3(7(11,12)13)14-6(15)4(2)5(9)10/h1,5H,(H,14,15). The van der Waals surface area contributed by atoms with Gasteiger partial charge in [-0.25, -0.2) is 8.78 Å². The molecule has 1 heterocycles. The third-order valence-electron chi connectivity index (χ3n) is 1.54. The Balaban J connectivity index is 3.39. The summed E-state index contributed by atoms with van der Waals surface area (Å²) in [5.74, 6) is 0. The molecule has 0 aliphatic carbocycles. The van der Waals surface area contributed by atoms with Crippen LogP contribution in [0.15, 0.2) is 10.9 Å². The third kappa shape index (κ3) is 2.47. The minimum absolute atomic E-state index is 0.254. The Labute approximate surface area is 84.7 Å². The Morgan fingerprint density at radius 3 is 2.20 bits per heavy atom. The molecule has 0 fully saturated rings. The van der Waals surface area contributed by atoms with E-state index in [-0.39, 0.29) is 6.07 Å². The van der Waals surface area contributed by atoms with Crippen molar-refractivity contribution in [3.63, 3.8) is 0 Å². The summed E-state index contributed by atoms with van der Waals surface area (Å²) in [4.78, 5) is 12.1. The number of hydrogen-bond donors (Lipinski definition) is 1. The summed E-state index contributed by atoms with van der Waals surface area (Å²) < 4.78 is 60.5. The Morgan fingerprint density at radius 1 is 1.33 bits per heavy atom. The van der Waals surface area contributed by atoms with Gasteiger partial charge >= 0.3 is 6.18 Å². The number of aromatic nitrogens is 1. The summed E-state index contributed by atoms with van der Waals surface area (Å²) in [5.41, 5.74) is -4.16. The largest absolute Gasteiger partial charge is 0.431 e. The van der Waals surface area contributed by atoms with Gasteiger partial charge in [0, 0.05) is 0 Å². The molecule has 1 aromatic heterocycles. The molecule has 0 aromatic carbocycles. The number of H-pyrrole nitrogens is 1. The van der Waals surface area contributed by atoms with Crippen LogP contribution in [0.5, 0.6) is 0 Å². The molecule has 0 unspecified atom stereocenters. The lowest BCUT2D eigenvalue weighted by Gasteiger charge is -2.08. The second-order valence-electron chi connectivity index (χ2n) is 2.57. The highest BCUT2D eigenvalue weighted by molar-refractivity contribution is 6.31. The van der Waals surface area contributed by atoms with Crippen molar-refractivity contribution >= 4 is 11.6 Å². The number of nitrogens with one attached hydrogen (secondary N) is 1. The molecule has 1 aromatic rings. The van der Waals surface area contributed by atoms with E-state index in [0.29, 0.717) is 0 Å². The van der Waals surface area contributed by atoms with Crippen LogP contribution >= 0.6 is 11.6 Å². The summed E-state index contributed by atoms with van der Waals surface area (Å²) in [7, 11) is 0. The van der Waals surface area contributed by atoms with Crippen LogP contribution in [0.25, 0.3) is 0 Å². The fourth-order valence-corrected chi connectivity index (χ4v) is 1.17. The second-order valence-corrected chi connectivity index (χ2v) is 2.98. The molecule has 0 spiro atoms. The van der Waals surface area contributed by atoms with E-state index in [2.05, 4.69) is 0 Å². The molecule has 2 nitrogen and oxygen atoms in total. The molecular formula is C7H3ClF5NO. The fourth-order valence-electron chi connectivity index (χ4n) is 0.895. The first-order valence-corrected chi connectivity index (χ1v) is 3.89. The Hall–Kier alpha value is -1.11. The van der Waals surface area contributed by atoms with Crippen molar-refractivity contribution in [2.75, 3.05) is 0 Å². The molecule has 0 radical (unpaired) electrons. The van der Waals surface area contributed by atoms with E-state index < -0.39 is 34.4 Å². The maximum atomic E-state index is 12.1. The highest BCUT2D eigenvalue weighted by atomic mass is 35.5. The van der Waals surface area contributed by atoms with Crippen LogP contribution in [0.4, 0.5) is 22.0 Å². The molecule has 15 heavy (non-hydrogen) atoms. The van der Waals surface area contributed by atoms with Gasteiger partial charge in [-0.15, -0.1) is 0 Å². The van der Waals surface area contributed by atoms with E-state index in [9.17, 15) is 26.7 Å². The van der Waals surface area contributed by atoms with Crippen LogP contribution in [0, 0.1) is 0 Å². The van der Waals surface area contributed by atoms with Gasteiger partial charge in [0.05, 0.1) is 5.02 Å². The molecule has 0 bridgehead atoms. The first-order chi connectivity index (χ1) is 6.73. The topological polar surface area (TPSA) is 32.9 Å². The zero-order valence-electron chi connectivity index (χ0n) is 6.83. The van der Waals surface area contributed by atoms with Gasteiger partial charge in [-0.1, -0.05) is 11.6 Å². The first kappa shape index (κ1) is 12.0. The monoisotopic (exact) mass is 247 g/mol. The third-order valence-corrected chi connectivity index (χ3v) is 1.86. The van der Waals surface area contributed by atoms with Crippen molar-refractivity contribution < 1.29 is 22.0 Å². The minimum atomic E-state index is -4.83. The number of aromatic amines is 1. The SMILES string of the molecule is O=c1[nH]c(C(F)(F)F)cc(Cl)c1C(F)F. The van der Waals surface area contributed by atoms with Gasteiger partial charge in [0.15, 0.2) is 0 Å². The Kier molecular flexibility index (Phi) is 3.03. The van der Waals surface area contributed by atoms with Gasteiger partial charge in [-0.3, -0.25) is 4.79 Å². The highest BCUT2D eigenvalue weighted by Crippen LogP contribution is 2.31. The van der Waals surface area contributed by atoms with E-state index in [4.69, 9.17) is 11.6 Å². The lowest BCUT2D eigenvalue weighted by molar-refractivity contribution is -0.141. The zero-order chi connectivity index (χ0) is 11.8. The predicted octanol–water partition coefficient (Wildman–Crippen LogP) is 2.98. The van der Waals surface area contributed by atoms with Crippen LogP contribution in [-0.2, 0) is 6.18 Å². The van der Waals surface area contributed by atoms with E-state index in [0.717, 1.165) is 0 Å². The minimum Gasteiger partial charge on any atom is -0.318 e. The molecule has 0 aliphatic rings. The van der Waals surface area contributed by atoms with Crippen molar-refractivity contribution in [1.29, 1.82) is 0 Å². The first-order valence-electron chi connectivity index (χ1n) is 3.51. The fraction of sp³-hybridized carbons (Fsp3) is 0.286. The van der Waals surface area contributed by atoms with Gasteiger partial charge < -0.3 is 4.98 Å².